The number of aryl methyl sites for hydroxylation is 1. The first-order chi connectivity index (χ1) is 12.6. The molecule has 1 aromatic rings. The number of nitrogens with one attached hydrogen (secondary N) is 2. The Bertz CT molecular complexity index is 617. The summed E-state index contributed by atoms with van der Waals surface area (Å²) < 4.78 is 11.5. The fourth-order valence-corrected chi connectivity index (χ4v) is 4.19. The maximum atomic E-state index is 5.87. The minimum Gasteiger partial charge on any atom is -0.381 e. The van der Waals surface area contributed by atoms with E-state index >= 15 is 0 Å². The lowest BCUT2D eigenvalue weighted by Gasteiger charge is -2.39. The molecule has 1 atom stereocenters. The van der Waals surface area contributed by atoms with Gasteiger partial charge in [0.15, 0.2) is 5.96 Å². The van der Waals surface area contributed by atoms with Crippen LogP contribution in [0, 0.1) is 6.92 Å². The molecule has 0 spiro atoms. The fourth-order valence-electron chi connectivity index (χ4n) is 4.19. The van der Waals surface area contributed by atoms with Crippen LogP contribution in [0.5, 0.6) is 0 Å². The Morgan fingerprint density at radius 3 is 2.46 bits per heavy atom. The number of guanidine groups is 1. The quantitative estimate of drug-likeness (QED) is 0.627. The molecule has 0 saturated carbocycles. The number of hydrogen-bond acceptors (Lipinski definition) is 3. The third kappa shape index (κ3) is 4.38. The van der Waals surface area contributed by atoms with Gasteiger partial charge >= 0.3 is 0 Å². The Kier molecular flexibility index (Phi) is 6.20. The smallest absolute Gasteiger partial charge is 0.191 e. The van der Waals surface area contributed by atoms with E-state index in [4.69, 9.17) is 9.47 Å². The van der Waals surface area contributed by atoms with E-state index in [-0.39, 0.29) is 11.0 Å². The number of benzene rings is 1. The van der Waals surface area contributed by atoms with Crippen molar-refractivity contribution in [3.8, 4) is 0 Å². The van der Waals surface area contributed by atoms with Gasteiger partial charge in [0.25, 0.3) is 0 Å². The van der Waals surface area contributed by atoms with E-state index in [1.165, 1.54) is 11.1 Å². The van der Waals surface area contributed by atoms with Gasteiger partial charge < -0.3 is 20.1 Å². The van der Waals surface area contributed by atoms with Gasteiger partial charge in [-0.3, -0.25) is 4.99 Å². The zero-order valence-electron chi connectivity index (χ0n) is 16.4. The van der Waals surface area contributed by atoms with Gasteiger partial charge in [0, 0.05) is 45.4 Å². The predicted octanol–water partition coefficient (Wildman–Crippen LogP) is 2.78. The summed E-state index contributed by atoms with van der Waals surface area (Å²) in [5.41, 5.74) is 2.79. The van der Waals surface area contributed by atoms with Gasteiger partial charge in [0.2, 0.25) is 0 Å². The molecule has 3 rings (SSSR count). The second-order valence-electron chi connectivity index (χ2n) is 7.89. The Morgan fingerprint density at radius 1 is 1.08 bits per heavy atom. The van der Waals surface area contributed by atoms with Crippen molar-refractivity contribution in [1.82, 2.24) is 10.6 Å². The molecule has 5 nitrogen and oxygen atoms in total. The van der Waals surface area contributed by atoms with E-state index in [1.54, 1.807) is 0 Å². The minimum atomic E-state index is -0.0794. The third-order valence-corrected chi connectivity index (χ3v) is 5.91. The number of ether oxygens (including phenoxy) is 2. The lowest BCUT2D eigenvalue weighted by atomic mass is 9.72. The molecular formula is C21H33N3O2. The molecule has 26 heavy (non-hydrogen) atoms. The Labute approximate surface area is 157 Å². The maximum Gasteiger partial charge on any atom is 0.191 e. The monoisotopic (exact) mass is 359 g/mol. The molecule has 0 aliphatic carbocycles. The first-order valence-corrected chi connectivity index (χ1v) is 9.79. The number of aliphatic imine (C=N–C) groups is 1. The molecule has 0 bridgehead atoms. The van der Waals surface area contributed by atoms with Gasteiger partial charge in [0.05, 0.1) is 5.60 Å². The fraction of sp³-hybridized carbons (Fsp3) is 0.667. The summed E-state index contributed by atoms with van der Waals surface area (Å²) in [6.45, 7) is 8.51. The van der Waals surface area contributed by atoms with Crippen molar-refractivity contribution in [1.29, 1.82) is 0 Å². The highest BCUT2D eigenvalue weighted by molar-refractivity contribution is 5.79. The molecule has 2 aliphatic heterocycles. The van der Waals surface area contributed by atoms with E-state index in [2.05, 4.69) is 53.7 Å². The molecule has 2 aliphatic rings. The average molecular weight is 360 g/mol. The highest BCUT2D eigenvalue weighted by Gasteiger charge is 2.36. The Hall–Kier alpha value is -1.59. The molecule has 2 heterocycles. The normalized spacial score (nSPS) is 25.9. The maximum absolute atomic E-state index is 5.87. The zero-order chi connectivity index (χ0) is 18.5. The first-order valence-electron chi connectivity index (χ1n) is 9.79. The van der Waals surface area contributed by atoms with Crippen LogP contribution in [0.4, 0.5) is 0 Å². The topological polar surface area (TPSA) is 54.9 Å². The summed E-state index contributed by atoms with van der Waals surface area (Å²) in [6, 6.07) is 8.73. The predicted molar refractivity (Wildman–Crippen MR) is 106 cm³/mol. The molecular weight excluding hydrogens is 326 g/mol. The molecule has 0 amide bonds. The third-order valence-electron chi connectivity index (χ3n) is 5.91. The van der Waals surface area contributed by atoms with Crippen LogP contribution in [0.1, 0.15) is 43.7 Å². The molecule has 0 radical (unpaired) electrons. The summed E-state index contributed by atoms with van der Waals surface area (Å²) in [4.78, 5) is 4.42. The van der Waals surface area contributed by atoms with Crippen molar-refractivity contribution >= 4 is 5.96 Å². The van der Waals surface area contributed by atoms with Crippen molar-refractivity contribution in [2.75, 3.05) is 40.0 Å². The van der Waals surface area contributed by atoms with Crippen LogP contribution in [0.15, 0.2) is 29.3 Å². The second kappa shape index (κ2) is 8.40. The lowest BCUT2D eigenvalue weighted by Crippen LogP contribution is -2.50. The molecule has 1 unspecified atom stereocenters. The molecule has 0 aromatic heterocycles. The minimum absolute atomic E-state index is 0.0794. The molecule has 5 heteroatoms. The van der Waals surface area contributed by atoms with Crippen molar-refractivity contribution in [2.45, 2.75) is 50.5 Å². The molecule has 144 valence electrons. The van der Waals surface area contributed by atoms with Crippen molar-refractivity contribution < 1.29 is 9.47 Å². The van der Waals surface area contributed by atoms with E-state index in [0.717, 1.165) is 64.6 Å². The molecule has 2 fully saturated rings. The molecule has 1 aromatic carbocycles. The van der Waals surface area contributed by atoms with Crippen molar-refractivity contribution in [3.05, 3.63) is 35.4 Å². The van der Waals surface area contributed by atoms with E-state index < -0.39 is 0 Å². The average Bonchev–Trinajstić information content (AvgIpc) is 3.10. The van der Waals surface area contributed by atoms with Crippen LogP contribution >= 0.6 is 0 Å². The number of hydrogen-bond donors (Lipinski definition) is 2. The summed E-state index contributed by atoms with van der Waals surface area (Å²) in [5, 5.41) is 7.03. The van der Waals surface area contributed by atoms with E-state index in [1.807, 2.05) is 7.05 Å². The summed E-state index contributed by atoms with van der Waals surface area (Å²) >= 11 is 0. The van der Waals surface area contributed by atoms with Crippen molar-refractivity contribution in [2.24, 2.45) is 4.99 Å². The molecule has 2 saturated heterocycles. The first kappa shape index (κ1) is 19.2. The van der Waals surface area contributed by atoms with Crippen LogP contribution in [0.25, 0.3) is 0 Å². The van der Waals surface area contributed by atoms with Crippen LogP contribution < -0.4 is 10.6 Å². The second-order valence-corrected chi connectivity index (χ2v) is 7.89. The summed E-state index contributed by atoms with van der Waals surface area (Å²) in [5.74, 6) is 0.848. The van der Waals surface area contributed by atoms with Crippen molar-refractivity contribution in [3.63, 3.8) is 0 Å². The highest BCUT2D eigenvalue weighted by Crippen LogP contribution is 2.36. The van der Waals surface area contributed by atoms with Gasteiger partial charge in [0.1, 0.15) is 0 Å². The SMILES string of the molecule is CN=C(NCC1(C)CCCO1)NCC1(c2ccccc2C)CCOCC1. The van der Waals surface area contributed by atoms with Gasteiger partial charge in [-0.05, 0) is 50.7 Å². The number of rotatable bonds is 5. The van der Waals surface area contributed by atoms with Gasteiger partial charge in [-0.25, -0.2) is 0 Å². The Morgan fingerprint density at radius 2 is 1.81 bits per heavy atom. The van der Waals surface area contributed by atoms with Crippen LogP contribution in [0.3, 0.4) is 0 Å². The van der Waals surface area contributed by atoms with Crippen LogP contribution in [0.2, 0.25) is 0 Å². The summed E-state index contributed by atoms with van der Waals surface area (Å²) in [6.07, 6.45) is 4.30. The summed E-state index contributed by atoms with van der Waals surface area (Å²) in [7, 11) is 1.83. The zero-order valence-corrected chi connectivity index (χ0v) is 16.4. The standard InChI is InChI=1S/C21H33N3O2/c1-17-7-4-5-8-18(17)21(10-13-25-14-11-21)16-24-19(22-3)23-15-20(2)9-6-12-26-20/h4-5,7-8H,6,9-16H2,1-3H3,(H2,22,23,24). The van der Waals surface area contributed by atoms with Gasteiger partial charge in [-0.2, -0.15) is 0 Å². The molecule has 2 N–H and O–H groups in total. The largest absolute Gasteiger partial charge is 0.381 e. The lowest BCUT2D eigenvalue weighted by molar-refractivity contribution is 0.0242. The van der Waals surface area contributed by atoms with Crippen LogP contribution in [-0.2, 0) is 14.9 Å². The highest BCUT2D eigenvalue weighted by atomic mass is 16.5. The van der Waals surface area contributed by atoms with E-state index in [0.29, 0.717) is 0 Å². The van der Waals surface area contributed by atoms with Gasteiger partial charge in [-0.1, -0.05) is 24.3 Å². The Balaban J connectivity index is 1.66. The van der Waals surface area contributed by atoms with E-state index in [9.17, 15) is 0 Å². The van der Waals surface area contributed by atoms with Gasteiger partial charge in [-0.15, -0.1) is 0 Å². The number of nitrogens with zero attached hydrogens (tertiary/aromatic N) is 1. The van der Waals surface area contributed by atoms with Crippen LogP contribution in [-0.4, -0.2) is 51.5 Å².